The van der Waals surface area contributed by atoms with Gasteiger partial charge in [-0.15, -0.1) is 0 Å². The summed E-state index contributed by atoms with van der Waals surface area (Å²) in [6.07, 6.45) is 1.12. The summed E-state index contributed by atoms with van der Waals surface area (Å²) < 4.78 is 51.3. The van der Waals surface area contributed by atoms with E-state index in [4.69, 9.17) is 11.6 Å². The Morgan fingerprint density at radius 3 is 2.12 bits per heavy atom. The zero-order valence-electron chi connectivity index (χ0n) is 18.9. The van der Waals surface area contributed by atoms with Crippen molar-refractivity contribution in [2.45, 2.75) is 29.7 Å². The van der Waals surface area contributed by atoms with Gasteiger partial charge in [0.15, 0.2) is 9.84 Å². The number of nitrogens with zero attached hydrogens (tertiary/aromatic N) is 1. The van der Waals surface area contributed by atoms with E-state index in [2.05, 4.69) is 5.32 Å². The summed E-state index contributed by atoms with van der Waals surface area (Å²) in [7, 11) is -7.38. The van der Waals surface area contributed by atoms with E-state index in [1.165, 1.54) is 24.3 Å². The summed E-state index contributed by atoms with van der Waals surface area (Å²) >= 11 is 6.05. The summed E-state index contributed by atoms with van der Waals surface area (Å²) in [5.74, 6) is -0.520. The lowest BCUT2D eigenvalue weighted by Crippen LogP contribution is -2.41. The number of hydrogen-bond donors (Lipinski definition) is 1. The van der Waals surface area contributed by atoms with Crippen molar-refractivity contribution in [3.8, 4) is 0 Å². The number of sulfone groups is 1. The van der Waals surface area contributed by atoms with Crippen LogP contribution in [0.25, 0.3) is 0 Å². The molecule has 10 heteroatoms. The van der Waals surface area contributed by atoms with Crippen molar-refractivity contribution in [3.63, 3.8) is 0 Å². The summed E-state index contributed by atoms with van der Waals surface area (Å²) in [6, 6.07) is 18.3. The lowest BCUT2D eigenvalue weighted by atomic mass is 10.1. The van der Waals surface area contributed by atoms with Crippen molar-refractivity contribution in [2.24, 2.45) is 0 Å². The first-order valence-electron chi connectivity index (χ1n) is 10.3. The van der Waals surface area contributed by atoms with Crippen molar-refractivity contribution in [1.82, 2.24) is 5.32 Å². The normalized spacial score (nSPS) is 12.7. The molecule has 1 atom stereocenters. The van der Waals surface area contributed by atoms with Crippen LogP contribution in [-0.2, 0) is 24.7 Å². The molecule has 34 heavy (non-hydrogen) atoms. The maximum atomic E-state index is 13.4. The smallest absolute Gasteiger partial charge is 0.264 e. The zero-order chi connectivity index (χ0) is 25.1. The van der Waals surface area contributed by atoms with Crippen molar-refractivity contribution in [3.05, 3.63) is 88.9 Å². The first-order chi connectivity index (χ1) is 15.9. The Morgan fingerprint density at radius 2 is 1.56 bits per heavy atom. The van der Waals surface area contributed by atoms with Crippen molar-refractivity contribution >= 4 is 43.1 Å². The highest BCUT2D eigenvalue weighted by Crippen LogP contribution is 2.29. The minimum Gasteiger partial charge on any atom is -0.348 e. The van der Waals surface area contributed by atoms with Crippen LogP contribution >= 0.6 is 11.6 Å². The molecule has 1 N–H and O–H groups in total. The quantitative estimate of drug-likeness (QED) is 0.481. The number of amides is 1. The summed E-state index contributed by atoms with van der Waals surface area (Å²) in [5, 5.41) is 3.24. The maximum Gasteiger partial charge on any atom is 0.264 e. The molecule has 0 heterocycles. The van der Waals surface area contributed by atoms with Crippen LogP contribution in [0, 0.1) is 6.92 Å². The number of carbonyl (C=O) groups is 1. The molecule has 0 aliphatic heterocycles. The van der Waals surface area contributed by atoms with Crippen LogP contribution in [0.4, 0.5) is 5.69 Å². The highest BCUT2D eigenvalue weighted by atomic mass is 35.5. The van der Waals surface area contributed by atoms with Crippen molar-refractivity contribution < 1.29 is 21.6 Å². The minimum absolute atomic E-state index is 0.0570. The van der Waals surface area contributed by atoms with E-state index in [9.17, 15) is 21.6 Å². The van der Waals surface area contributed by atoms with Gasteiger partial charge in [0.05, 0.1) is 21.5 Å². The lowest BCUT2D eigenvalue weighted by Gasteiger charge is -2.26. The average Bonchev–Trinajstić information content (AvgIpc) is 2.78. The van der Waals surface area contributed by atoms with Gasteiger partial charge in [-0.1, -0.05) is 41.9 Å². The molecule has 0 saturated carbocycles. The molecule has 3 rings (SSSR count). The topological polar surface area (TPSA) is 101 Å². The van der Waals surface area contributed by atoms with E-state index < -0.39 is 38.4 Å². The van der Waals surface area contributed by atoms with E-state index in [1.807, 2.05) is 0 Å². The fourth-order valence-electron chi connectivity index (χ4n) is 3.42. The van der Waals surface area contributed by atoms with Crippen LogP contribution in [0.3, 0.4) is 0 Å². The van der Waals surface area contributed by atoms with Crippen LogP contribution in [-0.4, -0.2) is 35.5 Å². The van der Waals surface area contributed by atoms with Crippen LogP contribution in [0.2, 0.25) is 5.02 Å². The standard InChI is InChI=1S/C24H25ClN2O5S2/c1-17-15-20(25)11-14-23(17)27(34(31,32)22-7-5-4-6-8-22)16-24(28)26-18(2)19-9-12-21(13-10-19)33(3,29)30/h4-15,18H,16H2,1-3H3,(H,26,28)/t18-/m0/s1. The molecule has 1 amide bonds. The van der Waals surface area contributed by atoms with Gasteiger partial charge in [-0.25, -0.2) is 16.8 Å². The fraction of sp³-hybridized carbons (Fsp3) is 0.208. The zero-order valence-corrected chi connectivity index (χ0v) is 21.3. The molecular weight excluding hydrogens is 496 g/mol. The van der Waals surface area contributed by atoms with Crippen molar-refractivity contribution in [2.75, 3.05) is 17.1 Å². The number of aryl methyl sites for hydroxylation is 1. The molecule has 0 radical (unpaired) electrons. The third kappa shape index (κ3) is 5.97. The molecule has 0 aliphatic carbocycles. The SMILES string of the molecule is Cc1cc(Cl)ccc1N(CC(=O)N[C@@H](C)c1ccc(S(C)(=O)=O)cc1)S(=O)(=O)c1ccccc1. The van der Waals surface area contributed by atoms with Gasteiger partial charge in [-0.3, -0.25) is 9.10 Å². The van der Waals surface area contributed by atoms with E-state index >= 15 is 0 Å². The summed E-state index contributed by atoms with van der Waals surface area (Å²) in [4.78, 5) is 13.2. The van der Waals surface area contributed by atoms with Crippen LogP contribution in [0.5, 0.6) is 0 Å². The van der Waals surface area contributed by atoms with Gasteiger partial charge < -0.3 is 5.32 Å². The van der Waals surface area contributed by atoms with Crippen LogP contribution in [0.1, 0.15) is 24.1 Å². The van der Waals surface area contributed by atoms with Gasteiger partial charge in [-0.2, -0.15) is 0 Å². The number of halogens is 1. The Kier molecular flexibility index (Phi) is 7.70. The van der Waals surface area contributed by atoms with E-state index in [1.54, 1.807) is 62.4 Å². The molecule has 7 nitrogen and oxygen atoms in total. The second kappa shape index (κ2) is 10.2. The molecule has 3 aromatic carbocycles. The predicted octanol–water partition coefficient (Wildman–Crippen LogP) is 4.12. The predicted molar refractivity (Wildman–Crippen MR) is 133 cm³/mol. The lowest BCUT2D eigenvalue weighted by molar-refractivity contribution is -0.120. The van der Waals surface area contributed by atoms with Gasteiger partial charge in [-0.05, 0) is 67.4 Å². The Labute approximate surface area is 205 Å². The van der Waals surface area contributed by atoms with Crippen molar-refractivity contribution in [1.29, 1.82) is 0 Å². The molecule has 0 spiro atoms. The van der Waals surface area contributed by atoms with E-state index in [0.29, 0.717) is 21.8 Å². The summed E-state index contributed by atoms with van der Waals surface area (Å²) in [5.41, 5.74) is 1.62. The minimum atomic E-state index is -4.04. The molecule has 0 aromatic heterocycles. The fourth-order valence-corrected chi connectivity index (χ4v) is 5.79. The molecule has 0 aliphatic rings. The Morgan fingerprint density at radius 1 is 0.941 bits per heavy atom. The molecule has 0 bridgehead atoms. The Balaban J connectivity index is 1.88. The third-order valence-electron chi connectivity index (χ3n) is 5.23. The highest BCUT2D eigenvalue weighted by Gasteiger charge is 2.28. The summed E-state index contributed by atoms with van der Waals surface area (Å²) in [6.45, 7) is 3.00. The van der Waals surface area contributed by atoms with Gasteiger partial charge >= 0.3 is 0 Å². The second-order valence-electron chi connectivity index (χ2n) is 7.89. The molecule has 3 aromatic rings. The van der Waals surface area contributed by atoms with Gasteiger partial charge in [0, 0.05) is 11.3 Å². The Hall–Kier alpha value is -2.88. The number of hydrogen-bond acceptors (Lipinski definition) is 5. The number of benzene rings is 3. The van der Waals surface area contributed by atoms with E-state index in [0.717, 1.165) is 10.6 Å². The van der Waals surface area contributed by atoms with E-state index in [-0.39, 0.29) is 9.79 Å². The molecule has 180 valence electrons. The Bertz CT molecular complexity index is 1390. The molecular formula is C24H25ClN2O5S2. The highest BCUT2D eigenvalue weighted by molar-refractivity contribution is 7.93. The molecule has 0 unspecified atom stereocenters. The number of carbonyl (C=O) groups excluding carboxylic acids is 1. The number of anilines is 1. The first-order valence-corrected chi connectivity index (χ1v) is 14.0. The number of sulfonamides is 1. The molecule has 0 fully saturated rings. The van der Waals surface area contributed by atoms with Gasteiger partial charge in [0.25, 0.3) is 10.0 Å². The largest absolute Gasteiger partial charge is 0.348 e. The second-order valence-corrected chi connectivity index (χ2v) is 12.2. The van der Waals surface area contributed by atoms with Crippen LogP contribution < -0.4 is 9.62 Å². The number of nitrogens with one attached hydrogen (secondary N) is 1. The molecule has 0 saturated heterocycles. The third-order valence-corrected chi connectivity index (χ3v) is 8.37. The monoisotopic (exact) mass is 520 g/mol. The average molecular weight is 521 g/mol. The van der Waals surface area contributed by atoms with Gasteiger partial charge in [0.1, 0.15) is 6.54 Å². The number of rotatable bonds is 8. The first kappa shape index (κ1) is 25.7. The van der Waals surface area contributed by atoms with Gasteiger partial charge in [0.2, 0.25) is 5.91 Å². The maximum absolute atomic E-state index is 13.4. The van der Waals surface area contributed by atoms with Crippen LogP contribution in [0.15, 0.2) is 82.6 Å².